The van der Waals surface area contributed by atoms with Crippen LogP contribution in [0.3, 0.4) is 0 Å². The van der Waals surface area contributed by atoms with E-state index >= 15 is 0 Å². The monoisotopic (exact) mass is 212 g/mol. The first kappa shape index (κ1) is 9.71. The molecule has 13 heavy (non-hydrogen) atoms. The fourth-order valence-electron chi connectivity index (χ4n) is 0.769. The van der Waals surface area contributed by atoms with Crippen molar-refractivity contribution in [2.45, 2.75) is 0 Å². The van der Waals surface area contributed by atoms with Gasteiger partial charge in [-0.2, -0.15) is 0 Å². The fourth-order valence-corrected chi connectivity index (χ4v) is 1.12. The molecule has 0 saturated heterocycles. The van der Waals surface area contributed by atoms with Gasteiger partial charge in [0.25, 0.3) is 0 Å². The summed E-state index contributed by atoms with van der Waals surface area (Å²) >= 11 is 10.3. The van der Waals surface area contributed by atoms with E-state index in [1.54, 1.807) is 0 Å². The van der Waals surface area contributed by atoms with Crippen molar-refractivity contribution in [3.8, 4) is 0 Å². The smallest absolute Gasteiger partial charge is 0.224 e. The zero-order valence-electron chi connectivity index (χ0n) is 6.41. The Hall–Kier alpha value is -1.38. The normalized spacial score (nSPS) is 9.23. The Morgan fingerprint density at radius 2 is 2.31 bits per heavy atom. The largest absolute Gasteiger partial charge is 0.389 e. The molecule has 0 aromatic carbocycles. The van der Waals surface area contributed by atoms with E-state index in [0.717, 1.165) is 0 Å². The van der Waals surface area contributed by atoms with E-state index in [1.165, 1.54) is 6.07 Å². The average molecular weight is 213 g/mol. The summed E-state index contributed by atoms with van der Waals surface area (Å²) in [6.07, 6.45) is 0. The van der Waals surface area contributed by atoms with Gasteiger partial charge in [0, 0.05) is 5.56 Å². The third-order valence-corrected chi connectivity index (χ3v) is 1.87. The van der Waals surface area contributed by atoms with Gasteiger partial charge in [0.15, 0.2) is 0 Å². The van der Waals surface area contributed by atoms with E-state index in [4.69, 9.17) is 41.9 Å². The number of aromatic nitrogens is 1. The Morgan fingerprint density at radius 3 is 2.77 bits per heavy atom. The molecule has 1 aromatic rings. The summed E-state index contributed by atoms with van der Waals surface area (Å²) in [4.78, 5) is 6.97. The highest BCUT2D eigenvalue weighted by Gasteiger charge is 2.09. The quantitative estimate of drug-likeness (QED) is 0.421. The second-order valence-corrected chi connectivity index (χ2v) is 3.01. The number of nitrogens with two attached hydrogens (primary N) is 2. The number of rotatable bonds is 1. The van der Waals surface area contributed by atoms with E-state index < -0.39 is 0 Å². The fraction of sp³-hybridized carbons (Fsp3) is 0. The minimum absolute atomic E-state index is 0.0625. The molecule has 66 valence electrons. The molecule has 0 fully saturated rings. The Morgan fingerprint density at radius 1 is 1.69 bits per heavy atom. The maximum absolute atomic E-state index is 6.77. The molecule has 0 aliphatic carbocycles. The number of hydrogen-bond donors (Lipinski definition) is 2. The van der Waals surface area contributed by atoms with E-state index in [1.807, 2.05) is 0 Å². The Kier molecular flexibility index (Phi) is 2.66. The molecule has 0 spiro atoms. The Bertz CT molecular complexity index is 410. The van der Waals surface area contributed by atoms with Crippen LogP contribution in [0.15, 0.2) is 6.07 Å². The minimum atomic E-state index is 0.0625. The van der Waals surface area contributed by atoms with Crippen molar-refractivity contribution in [3.05, 3.63) is 28.2 Å². The number of nitrogen functional groups attached to an aromatic ring is 1. The van der Waals surface area contributed by atoms with Gasteiger partial charge in [0.05, 0.1) is 6.57 Å². The number of pyridine rings is 1. The third-order valence-electron chi connectivity index (χ3n) is 1.37. The van der Waals surface area contributed by atoms with Crippen LogP contribution in [0, 0.1) is 6.57 Å². The van der Waals surface area contributed by atoms with Crippen molar-refractivity contribution in [2.24, 2.45) is 5.73 Å². The van der Waals surface area contributed by atoms with Crippen molar-refractivity contribution >= 4 is 40.3 Å². The summed E-state index contributed by atoms with van der Waals surface area (Å²) in [6, 6.07) is 1.43. The molecule has 0 amide bonds. The van der Waals surface area contributed by atoms with Crippen LogP contribution in [0.5, 0.6) is 0 Å². The second-order valence-electron chi connectivity index (χ2n) is 2.21. The zero-order chi connectivity index (χ0) is 10.0. The van der Waals surface area contributed by atoms with Crippen LogP contribution in [0.25, 0.3) is 4.85 Å². The van der Waals surface area contributed by atoms with Crippen molar-refractivity contribution in [3.63, 3.8) is 0 Å². The molecule has 4 N–H and O–H groups in total. The zero-order valence-corrected chi connectivity index (χ0v) is 7.99. The first-order chi connectivity index (χ1) is 6.06. The number of thiocarbonyl (C=S) groups is 1. The lowest BCUT2D eigenvalue weighted by atomic mass is 10.2. The van der Waals surface area contributed by atoms with Crippen molar-refractivity contribution < 1.29 is 0 Å². The molecular formula is C7H5ClN4S. The van der Waals surface area contributed by atoms with Crippen LogP contribution in [-0.4, -0.2) is 9.97 Å². The van der Waals surface area contributed by atoms with Crippen LogP contribution >= 0.6 is 23.8 Å². The Balaban J connectivity index is 3.41. The first-order valence-corrected chi connectivity index (χ1v) is 3.98. The highest BCUT2D eigenvalue weighted by molar-refractivity contribution is 7.80. The predicted molar refractivity (Wildman–Crippen MR) is 55.8 cm³/mol. The lowest BCUT2D eigenvalue weighted by molar-refractivity contribution is 1.33. The molecule has 6 heteroatoms. The van der Waals surface area contributed by atoms with Crippen molar-refractivity contribution in [1.29, 1.82) is 0 Å². The molecule has 0 aliphatic rings. The summed E-state index contributed by atoms with van der Waals surface area (Å²) in [5, 5.41) is 0.0625. The average Bonchev–Trinajstić information content (AvgIpc) is 2.03. The number of anilines is 1. The predicted octanol–water partition coefficient (Wildman–Crippen LogP) is 1.50. The highest BCUT2D eigenvalue weighted by atomic mass is 35.5. The standard InChI is InChI=1S/C7H5ClN4S/c1-11-4-2-3(7(10)13)6(9)12-5(4)8/h2H,(H2,9,12)(H2,10,13). The van der Waals surface area contributed by atoms with Gasteiger partial charge in [-0.25, -0.2) is 9.83 Å². The SMILES string of the molecule is [C-]#[N+]c1cc(C(N)=S)c(N)nc1Cl. The topological polar surface area (TPSA) is 69.3 Å². The van der Waals surface area contributed by atoms with Crippen LogP contribution in [-0.2, 0) is 0 Å². The summed E-state index contributed by atoms with van der Waals surface area (Å²) in [5.74, 6) is 0.143. The van der Waals surface area contributed by atoms with Crippen LogP contribution in [0.2, 0.25) is 5.15 Å². The van der Waals surface area contributed by atoms with Gasteiger partial charge in [-0.3, -0.25) is 0 Å². The molecule has 1 rings (SSSR count). The molecule has 1 aromatic heterocycles. The van der Waals surface area contributed by atoms with E-state index in [-0.39, 0.29) is 21.6 Å². The molecule has 0 radical (unpaired) electrons. The maximum Gasteiger partial charge on any atom is 0.224 e. The van der Waals surface area contributed by atoms with Gasteiger partial charge in [0.1, 0.15) is 16.0 Å². The summed E-state index contributed by atoms with van der Waals surface area (Å²) < 4.78 is 0. The number of hydrogen-bond acceptors (Lipinski definition) is 3. The molecule has 4 nitrogen and oxygen atoms in total. The van der Waals surface area contributed by atoms with Crippen molar-refractivity contribution in [2.75, 3.05) is 5.73 Å². The van der Waals surface area contributed by atoms with Gasteiger partial charge in [-0.15, -0.1) is 0 Å². The molecule has 0 unspecified atom stereocenters. The molecule has 0 aliphatic heterocycles. The summed E-state index contributed by atoms with van der Waals surface area (Å²) in [7, 11) is 0. The van der Waals surface area contributed by atoms with E-state index in [9.17, 15) is 0 Å². The Labute approximate surface area is 85.3 Å². The summed E-state index contributed by atoms with van der Waals surface area (Å²) in [6.45, 7) is 6.77. The van der Waals surface area contributed by atoms with Crippen molar-refractivity contribution in [1.82, 2.24) is 4.98 Å². The molecule has 0 atom stereocenters. The van der Waals surface area contributed by atoms with Gasteiger partial charge in [0.2, 0.25) is 5.69 Å². The highest BCUT2D eigenvalue weighted by Crippen LogP contribution is 2.26. The molecule has 0 saturated carbocycles. The number of halogens is 1. The van der Waals surface area contributed by atoms with E-state index in [2.05, 4.69) is 9.83 Å². The first-order valence-electron chi connectivity index (χ1n) is 3.19. The van der Waals surface area contributed by atoms with Crippen LogP contribution in [0.4, 0.5) is 11.5 Å². The second kappa shape index (κ2) is 3.56. The molecule has 0 bridgehead atoms. The van der Waals surface area contributed by atoms with Gasteiger partial charge in [-0.05, 0) is 6.07 Å². The van der Waals surface area contributed by atoms with Gasteiger partial charge >= 0.3 is 0 Å². The number of nitrogens with zero attached hydrogens (tertiary/aromatic N) is 2. The molecular weight excluding hydrogens is 208 g/mol. The third kappa shape index (κ3) is 1.86. The van der Waals surface area contributed by atoms with Crippen LogP contribution < -0.4 is 11.5 Å². The van der Waals surface area contributed by atoms with Crippen LogP contribution in [0.1, 0.15) is 5.56 Å². The summed E-state index contributed by atoms with van der Waals surface area (Å²) in [5.41, 5.74) is 11.4. The minimum Gasteiger partial charge on any atom is -0.389 e. The lowest BCUT2D eigenvalue weighted by Gasteiger charge is -2.03. The molecule has 1 heterocycles. The van der Waals surface area contributed by atoms with E-state index in [0.29, 0.717) is 5.56 Å². The maximum atomic E-state index is 6.77. The lowest BCUT2D eigenvalue weighted by Crippen LogP contribution is -2.13. The van der Waals surface area contributed by atoms with Gasteiger partial charge in [-0.1, -0.05) is 23.8 Å². The van der Waals surface area contributed by atoms with Gasteiger partial charge < -0.3 is 11.5 Å².